The van der Waals surface area contributed by atoms with Gasteiger partial charge < -0.3 is 4.90 Å². The maximum Gasteiger partial charge on any atom is 0.333 e. The minimum absolute atomic E-state index is 0.0820. The van der Waals surface area contributed by atoms with Crippen LogP contribution in [-0.2, 0) is 10.0 Å². The van der Waals surface area contributed by atoms with Crippen molar-refractivity contribution in [1.82, 2.24) is 24.3 Å². The van der Waals surface area contributed by atoms with Crippen molar-refractivity contribution in [3.8, 4) is 0 Å². The molecule has 3 aromatic rings. The van der Waals surface area contributed by atoms with E-state index in [1.54, 1.807) is 12.3 Å². The van der Waals surface area contributed by atoms with Crippen LogP contribution >= 0.6 is 11.6 Å². The molecule has 0 N–H and O–H groups in total. The van der Waals surface area contributed by atoms with Gasteiger partial charge in [0.25, 0.3) is 0 Å². The number of sulfonamides is 1. The van der Waals surface area contributed by atoms with E-state index in [2.05, 4.69) is 15.3 Å². The van der Waals surface area contributed by atoms with Crippen LogP contribution in [0.2, 0.25) is 5.02 Å². The second-order valence-electron chi connectivity index (χ2n) is 6.57. The number of hydrogen-bond acceptors (Lipinski definition) is 6. The van der Waals surface area contributed by atoms with Gasteiger partial charge in [-0.25, -0.2) is 13.1 Å². The van der Waals surface area contributed by atoms with Gasteiger partial charge in [-0.2, -0.15) is 23.3 Å². The Morgan fingerprint density at radius 1 is 1.14 bits per heavy atom. The van der Waals surface area contributed by atoms with Crippen LogP contribution in [0.15, 0.2) is 35.5 Å². The molecule has 0 bridgehead atoms. The minimum atomic E-state index is -3.92. The molecule has 1 aliphatic rings. The van der Waals surface area contributed by atoms with E-state index in [4.69, 9.17) is 11.6 Å². The predicted molar refractivity (Wildman–Crippen MR) is 104 cm³/mol. The summed E-state index contributed by atoms with van der Waals surface area (Å²) in [5.74, 6) is 0. The molecule has 0 radical (unpaired) electrons. The number of halogens is 3. The van der Waals surface area contributed by atoms with E-state index in [9.17, 15) is 17.2 Å². The molecule has 2 aromatic heterocycles. The van der Waals surface area contributed by atoms with Gasteiger partial charge in [-0.3, -0.25) is 0 Å². The summed E-state index contributed by atoms with van der Waals surface area (Å²) in [7, 11) is -3.92. The molecule has 0 amide bonds. The monoisotopic (exact) mass is 442 g/mol. The second-order valence-corrected chi connectivity index (χ2v) is 8.89. The third-order valence-electron chi connectivity index (χ3n) is 4.98. The maximum absolute atomic E-state index is 12.9. The molecule has 29 heavy (non-hydrogen) atoms. The van der Waals surface area contributed by atoms with Gasteiger partial charge in [0, 0.05) is 31.6 Å². The van der Waals surface area contributed by atoms with Gasteiger partial charge >= 0.3 is 6.55 Å². The molecule has 3 heterocycles. The summed E-state index contributed by atoms with van der Waals surface area (Å²) in [5.41, 5.74) is 1.31. The van der Waals surface area contributed by atoms with Crippen LogP contribution in [0.3, 0.4) is 0 Å². The number of benzene rings is 1. The first-order valence-corrected chi connectivity index (χ1v) is 10.6. The van der Waals surface area contributed by atoms with Crippen molar-refractivity contribution in [1.29, 1.82) is 0 Å². The molecule has 8 nitrogen and oxygen atoms in total. The molecule has 4 rings (SSSR count). The van der Waals surface area contributed by atoms with Crippen molar-refractivity contribution in [3.05, 3.63) is 41.3 Å². The molecule has 1 saturated heterocycles. The van der Waals surface area contributed by atoms with E-state index >= 15 is 0 Å². The Morgan fingerprint density at radius 2 is 1.86 bits per heavy atom. The summed E-state index contributed by atoms with van der Waals surface area (Å²) in [5, 5.41) is 12.9. The van der Waals surface area contributed by atoms with Gasteiger partial charge in [0.15, 0.2) is 0 Å². The van der Waals surface area contributed by atoms with Crippen molar-refractivity contribution >= 4 is 38.2 Å². The molecule has 0 saturated carbocycles. The highest BCUT2D eigenvalue weighted by atomic mass is 35.5. The lowest BCUT2D eigenvalue weighted by atomic mass is 10.2. The van der Waals surface area contributed by atoms with Crippen LogP contribution in [0.1, 0.15) is 12.2 Å². The third kappa shape index (κ3) is 3.43. The molecule has 0 aliphatic carbocycles. The number of hydrogen-bond donors (Lipinski definition) is 0. The maximum atomic E-state index is 12.9. The fourth-order valence-corrected chi connectivity index (χ4v) is 5.23. The van der Waals surface area contributed by atoms with Gasteiger partial charge in [0.2, 0.25) is 10.0 Å². The first-order chi connectivity index (χ1) is 13.8. The summed E-state index contributed by atoms with van der Waals surface area (Å²) in [4.78, 5) is 1.81. The number of alkyl halides is 2. The van der Waals surface area contributed by atoms with E-state index in [1.165, 1.54) is 11.2 Å². The van der Waals surface area contributed by atoms with Crippen LogP contribution in [0.25, 0.3) is 10.9 Å². The number of rotatable bonds is 4. The third-order valence-corrected chi connectivity index (χ3v) is 7.29. The number of nitrogens with zero attached hydrogens (tertiary/aromatic N) is 6. The van der Waals surface area contributed by atoms with Gasteiger partial charge in [0.05, 0.1) is 28.8 Å². The lowest BCUT2D eigenvalue weighted by Gasteiger charge is -2.35. The fraction of sp³-hybridized carbons (Fsp3) is 0.353. The normalized spacial score (nSPS) is 16.1. The van der Waals surface area contributed by atoms with E-state index in [-0.39, 0.29) is 23.7 Å². The van der Waals surface area contributed by atoms with Crippen molar-refractivity contribution < 1.29 is 17.2 Å². The summed E-state index contributed by atoms with van der Waals surface area (Å²) in [6, 6.07) is 5.44. The Labute approximate surface area is 170 Å². The van der Waals surface area contributed by atoms with Crippen LogP contribution < -0.4 is 4.90 Å². The number of aromatic nitrogens is 4. The predicted octanol–water partition coefficient (Wildman–Crippen LogP) is 2.69. The first-order valence-electron chi connectivity index (χ1n) is 8.78. The minimum Gasteiger partial charge on any atom is -0.367 e. The Balaban J connectivity index is 1.57. The molecule has 0 atom stereocenters. The molecule has 0 unspecified atom stereocenters. The zero-order valence-electron chi connectivity index (χ0n) is 15.3. The molecular formula is C17H17ClF2N6O2S. The summed E-state index contributed by atoms with van der Waals surface area (Å²) >= 11 is 6.19. The summed E-state index contributed by atoms with van der Waals surface area (Å²) < 4.78 is 53.4. The van der Waals surface area contributed by atoms with Crippen molar-refractivity contribution in [2.45, 2.75) is 18.4 Å². The van der Waals surface area contributed by atoms with Crippen LogP contribution in [-0.4, -0.2) is 58.9 Å². The average molecular weight is 443 g/mol. The van der Waals surface area contributed by atoms with Gasteiger partial charge in [-0.05, 0) is 13.0 Å². The number of anilines is 1. The number of fused-ring (bicyclic) bond motifs is 1. The van der Waals surface area contributed by atoms with Crippen LogP contribution in [0.4, 0.5) is 14.5 Å². The molecule has 1 fully saturated rings. The van der Waals surface area contributed by atoms with E-state index in [0.29, 0.717) is 28.3 Å². The largest absolute Gasteiger partial charge is 0.367 e. The quantitative estimate of drug-likeness (QED) is 0.617. The smallest absolute Gasteiger partial charge is 0.333 e. The van der Waals surface area contributed by atoms with Crippen LogP contribution in [0.5, 0.6) is 0 Å². The molecule has 0 spiro atoms. The van der Waals surface area contributed by atoms with Gasteiger partial charge in [0.1, 0.15) is 10.4 Å². The highest BCUT2D eigenvalue weighted by Crippen LogP contribution is 2.30. The van der Waals surface area contributed by atoms with Gasteiger partial charge in [-0.15, -0.1) is 5.10 Å². The molecule has 154 valence electrons. The Hall–Kier alpha value is -2.37. The SMILES string of the molecule is Cc1c(S(=O)(=O)N2CCN(c3cnnc4c(Cl)cccc34)CC2)cnn1C(F)F. The first kappa shape index (κ1) is 19.9. The lowest BCUT2D eigenvalue weighted by molar-refractivity contribution is 0.0541. The Kier molecular flexibility index (Phi) is 5.13. The van der Waals surface area contributed by atoms with E-state index in [1.807, 2.05) is 17.0 Å². The van der Waals surface area contributed by atoms with Crippen LogP contribution in [0, 0.1) is 6.92 Å². The zero-order chi connectivity index (χ0) is 20.8. The number of piperazine rings is 1. The van der Waals surface area contributed by atoms with E-state index < -0.39 is 16.6 Å². The highest BCUT2D eigenvalue weighted by molar-refractivity contribution is 7.89. The fourth-order valence-electron chi connectivity index (χ4n) is 3.45. The van der Waals surface area contributed by atoms with Crippen molar-refractivity contribution in [2.24, 2.45) is 0 Å². The van der Waals surface area contributed by atoms with Gasteiger partial charge in [-0.1, -0.05) is 23.7 Å². The van der Waals surface area contributed by atoms with E-state index in [0.717, 1.165) is 17.3 Å². The van der Waals surface area contributed by atoms with Crippen molar-refractivity contribution in [2.75, 3.05) is 31.1 Å². The zero-order valence-corrected chi connectivity index (χ0v) is 16.9. The lowest BCUT2D eigenvalue weighted by Crippen LogP contribution is -2.48. The van der Waals surface area contributed by atoms with Crippen molar-refractivity contribution in [3.63, 3.8) is 0 Å². The standard InChI is InChI=1S/C17H17ClF2N6O2S/c1-11-15(10-22-26(11)17(19)20)29(27,28)25-7-5-24(6-8-25)14-9-21-23-16-12(14)3-2-4-13(16)18/h2-4,9-10,17H,5-8H2,1H3. The average Bonchev–Trinajstić information content (AvgIpc) is 3.10. The Morgan fingerprint density at radius 3 is 2.52 bits per heavy atom. The Bertz CT molecular complexity index is 1160. The molecular weight excluding hydrogens is 426 g/mol. The topological polar surface area (TPSA) is 84.2 Å². The second kappa shape index (κ2) is 7.47. The highest BCUT2D eigenvalue weighted by Gasteiger charge is 2.32. The summed E-state index contributed by atoms with van der Waals surface area (Å²) in [6.45, 7) is -0.350. The molecule has 1 aliphatic heterocycles. The molecule has 12 heteroatoms. The summed E-state index contributed by atoms with van der Waals surface area (Å²) in [6.07, 6.45) is 2.60. The molecule has 1 aromatic carbocycles.